The molecular formula is C22H17ClN2O3S. The molecule has 1 aliphatic heterocycles. The van der Waals surface area contributed by atoms with Gasteiger partial charge in [0, 0.05) is 5.02 Å². The Morgan fingerprint density at radius 1 is 1.17 bits per heavy atom. The number of halogens is 1. The number of fused-ring (bicyclic) bond motifs is 1. The Labute approximate surface area is 175 Å². The molecule has 0 fully saturated rings. The second-order valence-electron chi connectivity index (χ2n) is 6.51. The SMILES string of the molecule is COC(=O)C1=C(C)N=c2s/c(=C\c3ccccc3Cl)c(=O)n2[C@@H]1c1ccccc1. The molecule has 0 radical (unpaired) electrons. The highest BCUT2D eigenvalue weighted by Crippen LogP contribution is 2.30. The van der Waals surface area contributed by atoms with Crippen LogP contribution in [0.25, 0.3) is 6.08 Å². The van der Waals surface area contributed by atoms with Gasteiger partial charge in [0.25, 0.3) is 5.56 Å². The van der Waals surface area contributed by atoms with Gasteiger partial charge in [-0.3, -0.25) is 9.36 Å². The van der Waals surface area contributed by atoms with Gasteiger partial charge in [0.1, 0.15) is 0 Å². The van der Waals surface area contributed by atoms with E-state index in [4.69, 9.17) is 16.3 Å². The highest BCUT2D eigenvalue weighted by Gasteiger charge is 2.32. The van der Waals surface area contributed by atoms with Crippen LogP contribution in [-0.2, 0) is 9.53 Å². The molecule has 0 bridgehead atoms. The molecule has 3 aromatic rings. The lowest BCUT2D eigenvalue weighted by Gasteiger charge is -2.24. The molecule has 1 aromatic heterocycles. The van der Waals surface area contributed by atoms with Crippen LogP contribution in [0, 0.1) is 0 Å². The molecule has 146 valence electrons. The van der Waals surface area contributed by atoms with Crippen LogP contribution in [0.4, 0.5) is 0 Å². The molecule has 0 saturated heterocycles. The number of hydrogen-bond donors (Lipinski definition) is 0. The highest BCUT2D eigenvalue weighted by molar-refractivity contribution is 7.07. The third-order valence-corrected chi connectivity index (χ3v) is 6.06. The number of ether oxygens (including phenoxy) is 1. The highest BCUT2D eigenvalue weighted by atomic mass is 35.5. The number of nitrogens with zero attached hydrogens (tertiary/aromatic N) is 2. The summed E-state index contributed by atoms with van der Waals surface area (Å²) in [5.41, 5.74) is 2.23. The lowest BCUT2D eigenvalue weighted by Crippen LogP contribution is -2.39. The van der Waals surface area contributed by atoms with Crippen LogP contribution in [0.3, 0.4) is 0 Å². The van der Waals surface area contributed by atoms with Crippen molar-refractivity contribution in [1.82, 2.24) is 4.57 Å². The predicted octanol–water partition coefficient (Wildman–Crippen LogP) is 3.06. The standard InChI is InChI=1S/C22H17ClN2O3S/c1-13-18(21(27)28-2)19(14-8-4-3-5-9-14)25-20(26)17(29-22(25)24-13)12-15-10-6-7-11-16(15)23/h3-12,19H,1-2H3/b17-12-/t19-/m1/s1. The number of benzene rings is 2. The summed E-state index contributed by atoms with van der Waals surface area (Å²) in [5, 5.41) is 0.560. The van der Waals surface area contributed by atoms with Crippen molar-refractivity contribution in [2.24, 2.45) is 4.99 Å². The number of thiazole rings is 1. The summed E-state index contributed by atoms with van der Waals surface area (Å²) < 4.78 is 7.05. The van der Waals surface area contributed by atoms with Crippen molar-refractivity contribution in [3.05, 3.63) is 102 Å². The fourth-order valence-corrected chi connectivity index (χ4v) is 4.60. The largest absolute Gasteiger partial charge is 0.466 e. The number of carbonyl (C=O) groups excluding carboxylic acids is 1. The molecule has 4 rings (SSSR count). The zero-order chi connectivity index (χ0) is 20.5. The predicted molar refractivity (Wildman–Crippen MR) is 114 cm³/mol. The van der Waals surface area contributed by atoms with E-state index in [1.807, 2.05) is 48.5 Å². The lowest BCUT2D eigenvalue weighted by atomic mass is 9.96. The second-order valence-corrected chi connectivity index (χ2v) is 7.92. The molecular weight excluding hydrogens is 408 g/mol. The van der Waals surface area contributed by atoms with Crippen molar-refractivity contribution >= 4 is 35.0 Å². The van der Waals surface area contributed by atoms with Crippen molar-refractivity contribution in [2.75, 3.05) is 7.11 Å². The maximum Gasteiger partial charge on any atom is 0.338 e. The molecule has 1 aliphatic rings. The summed E-state index contributed by atoms with van der Waals surface area (Å²) in [5.74, 6) is -0.500. The molecule has 0 unspecified atom stereocenters. The Bertz CT molecular complexity index is 1310. The van der Waals surface area contributed by atoms with Crippen LogP contribution >= 0.6 is 22.9 Å². The van der Waals surface area contributed by atoms with Gasteiger partial charge in [0.05, 0.1) is 29.0 Å². The fourth-order valence-electron chi connectivity index (χ4n) is 3.38. The lowest BCUT2D eigenvalue weighted by molar-refractivity contribution is -0.136. The van der Waals surface area contributed by atoms with E-state index in [2.05, 4.69) is 4.99 Å². The first kappa shape index (κ1) is 19.4. The van der Waals surface area contributed by atoms with Crippen LogP contribution in [-0.4, -0.2) is 17.6 Å². The van der Waals surface area contributed by atoms with E-state index in [9.17, 15) is 9.59 Å². The van der Waals surface area contributed by atoms with Gasteiger partial charge in [-0.05, 0) is 30.2 Å². The molecule has 0 spiro atoms. The van der Waals surface area contributed by atoms with Crippen LogP contribution < -0.4 is 14.9 Å². The number of aromatic nitrogens is 1. The number of hydrogen-bond acceptors (Lipinski definition) is 5. The maximum absolute atomic E-state index is 13.3. The smallest absolute Gasteiger partial charge is 0.338 e. The van der Waals surface area contributed by atoms with Crippen molar-refractivity contribution in [3.63, 3.8) is 0 Å². The average molecular weight is 425 g/mol. The third kappa shape index (κ3) is 3.45. The van der Waals surface area contributed by atoms with E-state index in [1.165, 1.54) is 18.4 Å². The molecule has 2 aromatic carbocycles. The van der Waals surface area contributed by atoms with Gasteiger partial charge >= 0.3 is 5.97 Å². The monoisotopic (exact) mass is 424 g/mol. The van der Waals surface area contributed by atoms with E-state index < -0.39 is 12.0 Å². The first-order chi connectivity index (χ1) is 14.0. The van der Waals surface area contributed by atoms with E-state index in [1.54, 1.807) is 23.6 Å². The van der Waals surface area contributed by atoms with E-state index in [0.717, 1.165) is 11.1 Å². The summed E-state index contributed by atoms with van der Waals surface area (Å²) in [6.45, 7) is 1.76. The number of allylic oxidation sites excluding steroid dienone is 1. The molecule has 0 amide bonds. The third-order valence-electron chi connectivity index (χ3n) is 4.73. The summed E-state index contributed by atoms with van der Waals surface area (Å²) >= 11 is 7.53. The van der Waals surface area contributed by atoms with Gasteiger partial charge in [0.2, 0.25) is 0 Å². The van der Waals surface area contributed by atoms with Gasteiger partial charge in [-0.2, -0.15) is 0 Å². The van der Waals surface area contributed by atoms with Gasteiger partial charge in [-0.1, -0.05) is 71.5 Å². The Hall–Kier alpha value is -2.96. The van der Waals surface area contributed by atoms with E-state index in [-0.39, 0.29) is 5.56 Å². The molecule has 7 heteroatoms. The summed E-state index contributed by atoms with van der Waals surface area (Å²) in [6.07, 6.45) is 1.76. The second kappa shape index (κ2) is 7.81. The topological polar surface area (TPSA) is 60.7 Å². The Morgan fingerprint density at radius 3 is 2.55 bits per heavy atom. The minimum absolute atomic E-state index is 0.226. The van der Waals surface area contributed by atoms with Crippen LogP contribution in [0.15, 0.2) is 75.7 Å². The first-order valence-corrected chi connectivity index (χ1v) is 10.1. The molecule has 0 saturated carbocycles. The molecule has 29 heavy (non-hydrogen) atoms. The van der Waals surface area contributed by atoms with Crippen LogP contribution in [0.5, 0.6) is 0 Å². The number of rotatable bonds is 3. The number of esters is 1. The normalized spacial score (nSPS) is 16.4. The fraction of sp³-hybridized carbons (Fsp3) is 0.136. The first-order valence-electron chi connectivity index (χ1n) is 8.91. The minimum Gasteiger partial charge on any atom is -0.466 e. The zero-order valence-corrected chi connectivity index (χ0v) is 17.3. The number of methoxy groups -OCH3 is 1. The zero-order valence-electron chi connectivity index (χ0n) is 15.8. The van der Waals surface area contributed by atoms with Crippen LogP contribution in [0.1, 0.15) is 24.1 Å². The summed E-state index contributed by atoms with van der Waals surface area (Å²) in [4.78, 5) is 30.9. The van der Waals surface area contributed by atoms with Gasteiger partial charge in [-0.25, -0.2) is 9.79 Å². The molecule has 5 nitrogen and oxygen atoms in total. The van der Waals surface area contributed by atoms with Crippen molar-refractivity contribution in [1.29, 1.82) is 0 Å². The van der Waals surface area contributed by atoms with E-state index >= 15 is 0 Å². The minimum atomic E-state index is -0.603. The van der Waals surface area contributed by atoms with Crippen LogP contribution in [0.2, 0.25) is 5.02 Å². The molecule has 0 aliphatic carbocycles. The molecule has 1 atom stereocenters. The van der Waals surface area contributed by atoms with E-state index in [0.29, 0.717) is 25.6 Å². The van der Waals surface area contributed by atoms with Gasteiger partial charge < -0.3 is 4.74 Å². The molecule has 0 N–H and O–H groups in total. The average Bonchev–Trinajstić information content (AvgIpc) is 3.03. The quantitative estimate of drug-likeness (QED) is 0.607. The summed E-state index contributed by atoms with van der Waals surface area (Å²) in [6, 6.07) is 16.1. The Kier molecular flexibility index (Phi) is 5.22. The van der Waals surface area contributed by atoms with Gasteiger partial charge in [-0.15, -0.1) is 0 Å². The van der Waals surface area contributed by atoms with Crippen molar-refractivity contribution in [2.45, 2.75) is 13.0 Å². The Balaban J connectivity index is 2.00. The maximum atomic E-state index is 13.3. The van der Waals surface area contributed by atoms with Crippen molar-refractivity contribution in [3.8, 4) is 0 Å². The summed E-state index contributed by atoms with van der Waals surface area (Å²) in [7, 11) is 1.33. The van der Waals surface area contributed by atoms with Gasteiger partial charge in [0.15, 0.2) is 4.80 Å². The Morgan fingerprint density at radius 2 is 1.86 bits per heavy atom. The molecule has 2 heterocycles. The van der Waals surface area contributed by atoms with Crippen molar-refractivity contribution < 1.29 is 9.53 Å². The number of carbonyl (C=O) groups is 1.